The number of aryl methyl sites for hydroxylation is 1. The first-order chi connectivity index (χ1) is 6.09. The van der Waals surface area contributed by atoms with Gasteiger partial charge in [-0.05, 0) is 26.3 Å². The quantitative estimate of drug-likeness (QED) is 0.804. The van der Waals surface area contributed by atoms with Crippen LogP contribution >= 0.6 is 11.3 Å². The monoisotopic (exact) mass is 198 g/mol. The van der Waals surface area contributed by atoms with E-state index in [9.17, 15) is 0 Å². The van der Waals surface area contributed by atoms with Gasteiger partial charge in [-0.2, -0.15) is 0 Å². The molecule has 1 unspecified atom stereocenters. The Balaban J connectivity index is 2.44. The number of thiazole rings is 1. The zero-order chi connectivity index (χ0) is 9.84. The van der Waals surface area contributed by atoms with Gasteiger partial charge in [-0.15, -0.1) is 11.3 Å². The maximum absolute atomic E-state index is 4.44. The van der Waals surface area contributed by atoms with Crippen molar-refractivity contribution in [3.63, 3.8) is 0 Å². The van der Waals surface area contributed by atoms with E-state index in [1.807, 2.05) is 6.92 Å². The second kappa shape index (κ2) is 4.72. The van der Waals surface area contributed by atoms with Gasteiger partial charge in [0.2, 0.25) is 0 Å². The molecule has 1 heterocycles. The van der Waals surface area contributed by atoms with E-state index >= 15 is 0 Å². The molecule has 0 spiro atoms. The van der Waals surface area contributed by atoms with Gasteiger partial charge >= 0.3 is 0 Å². The molecule has 74 valence electrons. The van der Waals surface area contributed by atoms with E-state index in [0.717, 1.165) is 11.6 Å². The lowest BCUT2D eigenvalue weighted by atomic mass is 10.2. The molecule has 0 bridgehead atoms. The molecule has 0 fully saturated rings. The van der Waals surface area contributed by atoms with Gasteiger partial charge in [-0.25, -0.2) is 4.98 Å². The van der Waals surface area contributed by atoms with Gasteiger partial charge < -0.3 is 5.32 Å². The second-order valence-corrected chi connectivity index (χ2v) is 4.88. The lowest BCUT2D eigenvalue weighted by molar-refractivity contribution is 0.491. The number of aromatic nitrogens is 1. The number of hydrogen-bond donors (Lipinski definition) is 1. The fourth-order valence-electron chi connectivity index (χ4n) is 1.10. The molecule has 0 aliphatic carbocycles. The summed E-state index contributed by atoms with van der Waals surface area (Å²) in [4.78, 5) is 4.44. The Bertz CT molecular complexity index is 255. The van der Waals surface area contributed by atoms with Gasteiger partial charge in [0.05, 0.1) is 10.7 Å². The van der Waals surface area contributed by atoms with E-state index in [2.05, 4.69) is 36.5 Å². The molecule has 1 rings (SSSR count). The Morgan fingerprint density at radius 1 is 1.46 bits per heavy atom. The molecule has 0 aromatic carbocycles. The smallest absolute Gasteiger partial charge is 0.0898 e. The van der Waals surface area contributed by atoms with E-state index in [4.69, 9.17) is 0 Å². The van der Waals surface area contributed by atoms with E-state index in [1.54, 1.807) is 11.3 Å². The molecule has 0 saturated carbocycles. The van der Waals surface area contributed by atoms with Gasteiger partial charge in [-0.1, -0.05) is 13.8 Å². The lowest BCUT2D eigenvalue weighted by Crippen LogP contribution is -2.23. The maximum Gasteiger partial charge on any atom is 0.0898 e. The van der Waals surface area contributed by atoms with Crippen LogP contribution in [0.4, 0.5) is 0 Å². The molecule has 0 saturated heterocycles. The van der Waals surface area contributed by atoms with Crippen LogP contribution in [0, 0.1) is 12.8 Å². The van der Waals surface area contributed by atoms with E-state index in [1.165, 1.54) is 5.69 Å². The Kier molecular flexibility index (Phi) is 3.88. The van der Waals surface area contributed by atoms with Crippen molar-refractivity contribution in [3.05, 3.63) is 16.1 Å². The predicted octanol–water partition coefficient (Wildman–Crippen LogP) is 2.76. The fourth-order valence-corrected chi connectivity index (χ4v) is 1.80. The van der Waals surface area contributed by atoms with Crippen molar-refractivity contribution in [2.45, 2.75) is 33.7 Å². The van der Waals surface area contributed by atoms with Crippen molar-refractivity contribution < 1.29 is 0 Å². The highest BCUT2D eigenvalue weighted by Gasteiger charge is 2.07. The van der Waals surface area contributed by atoms with Crippen molar-refractivity contribution in [1.82, 2.24) is 10.3 Å². The minimum absolute atomic E-state index is 0.382. The Morgan fingerprint density at radius 2 is 2.15 bits per heavy atom. The van der Waals surface area contributed by atoms with Crippen LogP contribution in [-0.4, -0.2) is 11.5 Å². The van der Waals surface area contributed by atoms with Crippen LogP contribution in [0.15, 0.2) is 5.38 Å². The largest absolute Gasteiger partial charge is 0.309 e. The summed E-state index contributed by atoms with van der Waals surface area (Å²) in [5.41, 5.74) is 1.17. The SMILES string of the molecule is Cc1nc(C(C)NCC(C)C)cs1. The first kappa shape index (κ1) is 10.7. The van der Waals surface area contributed by atoms with E-state index in [0.29, 0.717) is 12.0 Å². The van der Waals surface area contributed by atoms with Crippen molar-refractivity contribution in [2.75, 3.05) is 6.54 Å². The zero-order valence-corrected chi connectivity index (χ0v) is 9.61. The first-order valence-electron chi connectivity index (χ1n) is 4.75. The maximum atomic E-state index is 4.44. The molecule has 2 nitrogen and oxygen atoms in total. The lowest BCUT2D eigenvalue weighted by Gasteiger charge is -2.12. The molecule has 0 aliphatic heterocycles. The Labute approximate surface area is 84.4 Å². The summed E-state index contributed by atoms with van der Waals surface area (Å²) in [5.74, 6) is 0.696. The molecular formula is C10H18N2S. The van der Waals surface area contributed by atoms with Crippen molar-refractivity contribution in [2.24, 2.45) is 5.92 Å². The average molecular weight is 198 g/mol. The summed E-state index contributed by atoms with van der Waals surface area (Å²) >= 11 is 1.72. The van der Waals surface area contributed by atoms with Gasteiger partial charge in [0, 0.05) is 11.4 Å². The molecule has 0 amide bonds. The number of nitrogens with one attached hydrogen (secondary N) is 1. The minimum atomic E-state index is 0.382. The summed E-state index contributed by atoms with van der Waals surface area (Å²) in [6.45, 7) is 9.69. The van der Waals surface area contributed by atoms with Gasteiger partial charge in [-0.3, -0.25) is 0 Å². The molecule has 1 aromatic rings. The third kappa shape index (κ3) is 3.44. The summed E-state index contributed by atoms with van der Waals surface area (Å²) in [7, 11) is 0. The molecule has 13 heavy (non-hydrogen) atoms. The molecule has 3 heteroatoms. The van der Waals surface area contributed by atoms with E-state index < -0.39 is 0 Å². The van der Waals surface area contributed by atoms with Crippen LogP contribution in [0.1, 0.15) is 37.5 Å². The average Bonchev–Trinajstić information content (AvgIpc) is 2.47. The standard InChI is InChI=1S/C10H18N2S/c1-7(2)5-11-8(3)10-6-13-9(4)12-10/h6-8,11H,5H2,1-4H3. The van der Waals surface area contributed by atoms with E-state index in [-0.39, 0.29) is 0 Å². The third-order valence-corrected chi connectivity index (χ3v) is 2.70. The van der Waals surface area contributed by atoms with Crippen LogP contribution in [-0.2, 0) is 0 Å². The summed E-state index contributed by atoms with van der Waals surface area (Å²) < 4.78 is 0. The van der Waals surface area contributed by atoms with Crippen LogP contribution < -0.4 is 5.32 Å². The molecule has 0 aliphatic rings. The van der Waals surface area contributed by atoms with Gasteiger partial charge in [0.25, 0.3) is 0 Å². The molecule has 1 N–H and O–H groups in total. The summed E-state index contributed by atoms with van der Waals surface area (Å²) in [6, 6.07) is 0.382. The molecular weight excluding hydrogens is 180 g/mol. The topological polar surface area (TPSA) is 24.9 Å². The Morgan fingerprint density at radius 3 is 2.62 bits per heavy atom. The van der Waals surface area contributed by atoms with Crippen LogP contribution in [0.2, 0.25) is 0 Å². The van der Waals surface area contributed by atoms with Crippen molar-refractivity contribution >= 4 is 11.3 Å². The zero-order valence-electron chi connectivity index (χ0n) is 8.79. The normalized spacial score (nSPS) is 13.6. The summed E-state index contributed by atoms with van der Waals surface area (Å²) in [6.07, 6.45) is 0. The first-order valence-corrected chi connectivity index (χ1v) is 5.63. The highest BCUT2D eigenvalue weighted by Crippen LogP contribution is 2.15. The number of rotatable bonds is 4. The van der Waals surface area contributed by atoms with Crippen molar-refractivity contribution in [1.29, 1.82) is 0 Å². The summed E-state index contributed by atoms with van der Waals surface area (Å²) in [5, 5.41) is 6.73. The number of nitrogens with zero attached hydrogens (tertiary/aromatic N) is 1. The molecule has 1 aromatic heterocycles. The van der Waals surface area contributed by atoms with Crippen LogP contribution in [0.25, 0.3) is 0 Å². The predicted molar refractivity (Wildman–Crippen MR) is 58.1 cm³/mol. The fraction of sp³-hybridized carbons (Fsp3) is 0.700. The molecule has 1 atom stereocenters. The minimum Gasteiger partial charge on any atom is -0.309 e. The highest BCUT2D eigenvalue weighted by molar-refractivity contribution is 7.09. The van der Waals surface area contributed by atoms with Crippen LogP contribution in [0.5, 0.6) is 0 Å². The van der Waals surface area contributed by atoms with Gasteiger partial charge in [0.15, 0.2) is 0 Å². The number of hydrogen-bond acceptors (Lipinski definition) is 3. The van der Waals surface area contributed by atoms with Gasteiger partial charge in [0.1, 0.15) is 0 Å². The highest BCUT2D eigenvalue weighted by atomic mass is 32.1. The Hall–Kier alpha value is -0.410. The van der Waals surface area contributed by atoms with Crippen molar-refractivity contribution in [3.8, 4) is 0 Å². The van der Waals surface area contributed by atoms with Crippen LogP contribution in [0.3, 0.4) is 0 Å². The second-order valence-electron chi connectivity index (χ2n) is 3.82. The third-order valence-electron chi connectivity index (χ3n) is 1.91. The molecule has 0 radical (unpaired) electrons.